The van der Waals surface area contributed by atoms with Crippen molar-refractivity contribution in [1.82, 2.24) is 4.98 Å². The van der Waals surface area contributed by atoms with Crippen LogP contribution in [0.1, 0.15) is 36.6 Å². The van der Waals surface area contributed by atoms with Gasteiger partial charge in [-0.2, -0.15) is 0 Å². The maximum Gasteiger partial charge on any atom is 0.195 e. The highest BCUT2D eigenvalue weighted by Crippen LogP contribution is 2.43. The molecule has 0 amide bonds. The number of phenols is 1. The van der Waals surface area contributed by atoms with E-state index in [2.05, 4.69) is 30.3 Å². The fraction of sp³-hybridized carbons (Fsp3) is 0.222. The van der Waals surface area contributed by atoms with E-state index in [0.717, 1.165) is 47.7 Å². The van der Waals surface area contributed by atoms with Crippen LogP contribution in [0.3, 0.4) is 0 Å². The quantitative estimate of drug-likeness (QED) is 0.402. The predicted molar refractivity (Wildman–Crippen MR) is 119 cm³/mol. The van der Waals surface area contributed by atoms with E-state index in [1.807, 2.05) is 48.5 Å². The maximum absolute atomic E-state index is 9.91. The lowest BCUT2D eigenvalue weighted by Gasteiger charge is -2.18. The highest BCUT2D eigenvalue weighted by atomic mass is 16.4. The summed E-state index contributed by atoms with van der Waals surface area (Å²) in [6.45, 7) is 0. The van der Waals surface area contributed by atoms with Gasteiger partial charge in [0.05, 0.1) is 0 Å². The van der Waals surface area contributed by atoms with Gasteiger partial charge < -0.3 is 9.52 Å². The van der Waals surface area contributed by atoms with Crippen LogP contribution >= 0.6 is 0 Å². The Balaban J connectivity index is 1.48. The third-order valence-corrected chi connectivity index (χ3v) is 6.15. The zero-order chi connectivity index (χ0) is 20.3. The van der Waals surface area contributed by atoms with Crippen LogP contribution in [-0.4, -0.2) is 10.1 Å². The summed E-state index contributed by atoms with van der Waals surface area (Å²) in [5, 5.41) is 9.91. The smallest absolute Gasteiger partial charge is 0.195 e. The zero-order valence-electron chi connectivity index (χ0n) is 16.9. The molecule has 3 heteroatoms. The molecule has 2 unspecified atom stereocenters. The van der Waals surface area contributed by atoms with Crippen LogP contribution in [0.5, 0.6) is 5.75 Å². The van der Waals surface area contributed by atoms with Crippen LogP contribution in [0.15, 0.2) is 89.3 Å². The second-order valence-electron chi connectivity index (χ2n) is 8.11. The second kappa shape index (κ2) is 8.19. The van der Waals surface area contributed by atoms with Gasteiger partial charge in [0.15, 0.2) is 11.7 Å². The van der Waals surface area contributed by atoms with E-state index >= 15 is 0 Å². The van der Waals surface area contributed by atoms with E-state index in [0.29, 0.717) is 17.6 Å². The molecule has 3 aromatic carbocycles. The van der Waals surface area contributed by atoms with Gasteiger partial charge in [0, 0.05) is 17.5 Å². The van der Waals surface area contributed by atoms with Crippen molar-refractivity contribution in [2.75, 3.05) is 0 Å². The summed E-state index contributed by atoms with van der Waals surface area (Å²) in [7, 11) is 0. The molecule has 3 nitrogen and oxygen atoms in total. The molecular weight excluding hydrogens is 370 g/mol. The first kappa shape index (κ1) is 18.7. The van der Waals surface area contributed by atoms with Crippen molar-refractivity contribution in [2.24, 2.45) is 5.92 Å². The summed E-state index contributed by atoms with van der Waals surface area (Å²) < 4.78 is 6.36. The number of phenolic OH excluding ortho intramolecular Hbond substituents is 1. The predicted octanol–water partition coefficient (Wildman–Crippen LogP) is 6.84. The molecule has 150 valence electrons. The first-order chi connectivity index (χ1) is 14.8. The van der Waals surface area contributed by atoms with Crippen molar-refractivity contribution in [3.63, 3.8) is 0 Å². The average molecular weight is 396 g/mol. The van der Waals surface area contributed by atoms with E-state index < -0.39 is 0 Å². The summed E-state index contributed by atoms with van der Waals surface area (Å²) >= 11 is 0. The lowest BCUT2D eigenvalue weighted by molar-refractivity contribution is 0.409. The number of oxazole rings is 1. The van der Waals surface area contributed by atoms with Gasteiger partial charge in [-0.3, -0.25) is 0 Å². The van der Waals surface area contributed by atoms with Crippen molar-refractivity contribution in [1.29, 1.82) is 0 Å². The lowest BCUT2D eigenvalue weighted by Crippen LogP contribution is -2.09. The molecule has 1 fully saturated rings. The Morgan fingerprint density at radius 3 is 2.30 bits per heavy atom. The minimum atomic E-state index is 0.340. The number of benzene rings is 3. The summed E-state index contributed by atoms with van der Waals surface area (Å²) in [5.41, 5.74) is 4.24. The Labute approximate surface area is 177 Å². The molecule has 0 radical (unpaired) electrons. The van der Waals surface area contributed by atoms with Crippen molar-refractivity contribution >= 4 is 0 Å². The van der Waals surface area contributed by atoms with Crippen molar-refractivity contribution in [3.8, 4) is 28.3 Å². The Bertz CT molecular complexity index is 1060. The zero-order valence-corrected chi connectivity index (χ0v) is 16.9. The van der Waals surface area contributed by atoms with Gasteiger partial charge in [0.25, 0.3) is 0 Å². The third kappa shape index (κ3) is 3.76. The fourth-order valence-corrected chi connectivity index (χ4v) is 4.73. The summed E-state index contributed by atoms with van der Waals surface area (Å²) in [5.74, 6) is 2.88. The van der Waals surface area contributed by atoms with E-state index in [4.69, 9.17) is 9.40 Å². The highest BCUT2D eigenvalue weighted by Gasteiger charge is 2.31. The molecule has 0 bridgehead atoms. The monoisotopic (exact) mass is 395 g/mol. The minimum Gasteiger partial charge on any atom is -0.508 e. The summed E-state index contributed by atoms with van der Waals surface area (Å²) in [6, 6.07) is 28.2. The van der Waals surface area contributed by atoms with Crippen LogP contribution in [0, 0.1) is 5.92 Å². The van der Waals surface area contributed by atoms with Crippen LogP contribution in [-0.2, 0) is 6.42 Å². The van der Waals surface area contributed by atoms with E-state index in [9.17, 15) is 5.11 Å². The Morgan fingerprint density at radius 1 is 0.833 bits per heavy atom. The first-order valence-corrected chi connectivity index (χ1v) is 10.7. The largest absolute Gasteiger partial charge is 0.508 e. The van der Waals surface area contributed by atoms with Gasteiger partial charge in [0.2, 0.25) is 0 Å². The normalized spacial score (nSPS) is 18.5. The standard InChI is InChI=1S/C27H25NO2/c29-23-15-7-13-21(17-23)24-16-8-14-22(24)18-25-28-26(19-9-3-1-4-10-19)27(30-25)20-11-5-2-6-12-20/h1-7,9-13,15,17,22,24,29H,8,14,16,18H2. The molecule has 1 aromatic heterocycles. The van der Waals surface area contributed by atoms with Crippen LogP contribution in [0.2, 0.25) is 0 Å². The number of hydrogen-bond donors (Lipinski definition) is 1. The maximum atomic E-state index is 9.91. The molecular formula is C27H25NO2. The lowest BCUT2D eigenvalue weighted by atomic mass is 9.86. The number of rotatable bonds is 5. The number of nitrogens with zero attached hydrogens (tertiary/aromatic N) is 1. The third-order valence-electron chi connectivity index (χ3n) is 6.15. The molecule has 30 heavy (non-hydrogen) atoms. The highest BCUT2D eigenvalue weighted by molar-refractivity contribution is 5.76. The van der Waals surface area contributed by atoms with Crippen LogP contribution < -0.4 is 0 Å². The molecule has 0 saturated heterocycles. The Kier molecular flexibility index (Phi) is 5.10. The summed E-state index contributed by atoms with van der Waals surface area (Å²) in [6.07, 6.45) is 4.31. The van der Waals surface area contributed by atoms with Crippen LogP contribution in [0.4, 0.5) is 0 Å². The molecule has 5 rings (SSSR count). The van der Waals surface area contributed by atoms with Crippen molar-refractivity contribution in [2.45, 2.75) is 31.6 Å². The Morgan fingerprint density at radius 2 is 1.57 bits per heavy atom. The van der Waals surface area contributed by atoms with Gasteiger partial charge in [-0.05, 0) is 42.4 Å². The molecule has 2 atom stereocenters. The van der Waals surface area contributed by atoms with Gasteiger partial charge in [0.1, 0.15) is 11.4 Å². The van der Waals surface area contributed by atoms with Crippen molar-refractivity contribution < 1.29 is 9.52 Å². The van der Waals surface area contributed by atoms with Gasteiger partial charge >= 0.3 is 0 Å². The fourth-order valence-electron chi connectivity index (χ4n) is 4.73. The SMILES string of the molecule is Oc1cccc(C2CCCC2Cc2nc(-c3ccccc3)c(-c3ccccc3)o2)c1. The molecule has 0 spiro atoms. The number of hydrogen-bond acceptors (Lipinski definition) is 3. The molecule has 1 aliphatic rings. The molecule has 1 N–H and O–H groups in total. The number of aromatic nitrogens is 1. The number of aromatic hydroxyl groups is 1. The van der Waals surface area contributed by atoms with Gasteiger partial charge in [-0.15, -0.1) is 0 Å². The molecule has 4 aromatic rings. The van der Waals surface area contributed by atoms with Crippen molar-refractivity contribution in [3.05, 3.63) is 96.4 Å². The average Bonchev–Trinajstić information content (AvgIpc) is 3.42. The summed E-state index contributed by atoms with van der Waals surface area (Å²) in [4.78, 5) is 4.95. The molecule has 0 aliphatic heterocycles. The van der Waals surface area contributed by atoms with E-state index in [1.165, 1.54) is 12.0 Å². The van der Waals surface area contributed by atoms with Gasteiger partial charge in [-0.25, -0.2) is 4.98 Å². The molecule has 1 heterocycles. The minimum absolute atomic E-state index is 0.340. The van der Waals surface area contributed by atoms with Gasteiger partial charge in [-0.1, -0.05) is 79.2 Å². The van der Waals surface area contributed by atoms with Crippen LogP contribution in [0.25, 0.3) is 22.6 Å². The Hall–Kier alpha value is -3.33. The molecule has 1 aliphatic carbocycles. The second-order valence-corrected chi connectivity index (χ2v) is 8.11. The topological polar surface area (TPSA) is 46.3 Å². The first-order valence-electron chi connectivity index (χ1n) is 10.7. The van der Waals surface area contributed by atoms with E-state index in [-0.39, 0.29) is 0 Å². The molecule has 1 saturated carbocycles. The van der Waals surface area contributed by atoms with E-state index in [1.54, 1.807) is 6.07 Å².